The van der Waals surface area contributed by atoms with Gasteiger partial charge in [-0.1, -0.05) is 0 Å². The van der Waals surface area contributed by atoms with Crippen LogP contribution in [0.4, 0.5) is 9.18 Å². The van der Waals surface area contributed by atoms with E-state index in [1.54, 1.807) is 23.8 Å². The molecule has 166 valence electrons. The Kier molecular flexibility index (Phi) is 6.04. The molecule has 2 aliphatic carbocycles. The van der Waals surface area contributed by atoms with Crippen molar-refractivity contribution >= 4 is 27.8 Å². The first-order valence-corrected chi connectivity index (χ1v) is 12.6. The molecule has 5 unspecified atom stereocenters. The Balaban J connectivity index is 1.53. The van der Waals surface area contributed by atoms with E-state index in [1.165, 1.54) is 0 Å². The smallest absolute Gasteiger partial charge is 0.322 e. The predicted molar refractivity (Wildman–Crippen MR) is 108 cm³/mol. The van der Waals surface area contributed by atoms with Gasteiger partial charge in [0.05, 0.1) is 34.9 Å². The molecule has 29 heavy (non-hydrogen) atoms. The van der Waals surface area contributed by atoms with Crippen LogP contribution < -0.4 is 15.6 Å². The average molecular weight is 452 g/mol. The summed E-state index contributed by atoms with van der Waals surface area (Å²) in [5.41, 5.74) is 5.11. The topological polar surface area (TPSA) is 103 Å². The van der Waals surface area contributed by atoms with Gasteiger partial charge in [-0.3, -0.25) is 4.90 Å². The normalized spacial score (nSPS) is 36.5. The highest BCUT2D eigenvalue weighted by Gasteiger charge is 2.55. The average Bonchev–Trinajstić information content (AvgIpc) is 3.23. The molecule has 0 bridgehead atoms. The third-order valence-corrected chi connectivity index (χ3v) is 9.55. The predicted octanol–water partition coefficient (Wildman–Crippen LogP) is 0.552. The van der Waals surface area contributed by atoms with Crippen molar-refractivity contribution in [3.63, 3.8) is 0 Å². The number of amides is 2. The summed E-state index contributed by atoms with van der Waals surface area (Å²) in [5, 5.41) is -0.481. The number of rotatable bonds is 8. The number of hydrazine groups is 1. The van der Waals surface area contributed by atoms with Crippen LogP contribution in [0.3, 0.4) is 0 Å². The lowest BCUT2D eigenvalue weighted by Crippen LogP contribution is -2.54. The van der Waals surface area contributed by atoms with Crippen LogP contribution in [0.15, 0.2) is 0 Å². The van der Waals surface area contributed by atoms with Gasteiger partial charge in [0.25, 0.3) is 0 Å². The highest BCUT2D eigenvalue weighted by atomic mass is 32.2. The molecule has 12 heteroatoms. The Bertz CT molecular complexity index is 737. The van der Waals surface area contributed by atoms with E-state index in [0.717, 1.165) is 0 Å². The first kappa shape index (κ1) is 21.6. The molecule has 9 nitrogen and oxygen atoms in total. The number of hydrogen-bond donors (Lipinski definition) is 3. The minimum atomic E-state index is -3.65. The maximum atomic E-state index is 13.3. The quantitative estimate of drug-likeness (QED) is 0.495. The van der Waals surface area contributed by atoms with Gasteiger partial charge in [-0.25, -0.2) is 33.2 Å². The van der Waals surface area contributed by atoms with Crippen LogP contribution >= 0.6 is 11.8 Å². The summed E-state index contributed by atoms with van der Waals surface area (Å²) in [7, 11) is -2.05. The van der Waals surface area contributed by atoms with Gasteiger partial charge in [-0.15, -0.1) is 11.8 Å². The second kappa shape index (κ2) is 8.12. The number of nitrogens with one attached hydrogen (secondary N) is 3. The van der Waals surface area contributed by atoms with Crippen molar-refractivity contribution in [2.24, 2.45) is 0 Å². The summed E-state index contributed by atoms with van der Waals surface area (Å²) < 4.78 is 47.0. The Morgan fingerprint density at radius 2 is 2.07 bits per heavy atom. The molecule has 2 amide bonds. The molecule has 0 spiro atoms. The number of halogens is 1. The van der Waals surface area contributed by atoms with Gasteiger partial charge in [0.15, 0.2) is 0 Å². The van der Waals surface area contributed by atoms with Gasteiger partial charge in [-0.05, 0) is 39.0 Å². The van der Waals surface area contributed by atoms with Crippen LogP contribution in [0.25, 0.3) is 0 Å². The molecule has 5 atom stereocenters. The molecule has 0 radical (unpaired) electrons. The van der Waals surface area contributed by atoms with Gasteiger partial charge >= 0.3 is 6.03 Å². The number of ether oxygens (including phenoxy) is 1. The Hall–Kier alpha value is -0.660. The van der Waals surface area contributed by atoms with Crippen molar-refractivity contribution in [1.29, 1.82) is 0 Å². The van der Waals surface area contributed by atoms with E-state index in [-0.39, 0.29) is 29.0 Å². The summed E-state index contributed by atoms with van der Waals surface area (Å²) in [6, 6.07) is -0.350. The van der Waals surface area contributed by atoms with E-state index in [4.69, 9.17) is 4.74 Å². The highest BCUT2D eigenvalue weighted by molar-refractivity contribution is 8.00. The van der Waals surface area contributed by atoms with E-state index in [0.29, 0.717) is 45.3 Å². The van der Waals surface area contributed by atoms with Crippen molar-refractivity contribution in [3.8, 4) is 0 Å². The fraction of sp³-hybridized carbons (Fsp3) is 0.941. The van der Waals surface area contributed by atoms with Crippen LogP contribution in [-0.4, -0.2) is 84.9 Å². The highest BCUT2D eigenvalue weighted by Crippen LogP contribution is 2.42. The summed E-state index contributed by atoms with van der Waals surface area (Å²) in [6.07, 6.45) is 2.51. The van der Waals surface area contributed by atoms with Gasteiger partial charge < -0.3 is 9.64 Å². The van der Waals surface area contributed by atoms with Crippen LogP contribution in [-0.2, 0) is 14.8 Å². The van der Waals surface area contributed by atoms with Crippen molar-refractivity contribution in [1.82, 2.24) is 25.4 Å². The SMILES string of the molecule is COCCN1C(=O)N(C2NNC(C)S2)C2CC(S(=O)(=O)NC3(CF)CC3)CCC21. The molecule has 2 heterocycles. The first-order chi connectivity index (χ1) is 13.8. The third-order valence-electron chi connectivity index (χ3n) is 6.40. The number of carbonyl (C=O) groups excluding carboxylic acids is 1. The van der Waals surface area contributed by atoms with Gasteiger partial charge in [-0.2, -0.15) is 0 Å². The maximum Gasteiger partial charge on any atom is 0.322 e. The molecule has 4 fully saturated rings. The van der Waals surface area contributed by atoms with E-state index in [1.807, 2.05) is 11.8 Å². The van der Waals surface area contributed by atoms with Gasteiger partial charge in [0.2, 0.25) is 10.0 Å². The number of methoxy groups -OCH3 is 1. The zero-order valence-corrected chi connectivity index (χ0v) is 18.4. The Morgan fingerprint density at radius 1 is 1.31 bits per heavy atom. The fourth-order valence-corrected chi connectivity index (χ4v) is 7.54. The van der Waals surface area contributed by atoms with Crippen molar-refractivity contribution in [3.05, 3.63) is 0 Å². The maximum absolute atomic E-state index is 13.3. The molecule has 2 saturated carbocycles. The van der Waals surface area contributed by atoms with E-state index < -0.39 is 27.5 Å². The van der Waals surface area contributed by atoms with Gasteiger partial charge in [0.1, 0.15) is 12.2 Å². The molecule has 4 rings (SSSR count). The minimum absolute atomic E-state index is 0.0431. The summed E-state index contributed by atoms with van der Waals surface area (Å²) in [5.74, 6) is 0. The summed E-state index contributed by atoms with van der Waals surface area (Å²) >= 11 is 1.59. The van der Waals surface area contributed by atoms with Crippen molar-refractivity contribution in [2.75, 3.05) is 26.9 Å². The molecule has 2 aliphatic heterocycles. The largest absolute Gasteiger partial charge is 0.383 e. The van der Waals surface area contributed by atoms with Crippen molar-refractivity contribution in [2.45, 2.75) is 72.8 Å². The number of sulfonamides is 1. The molecule has 0 aromatic heterocycles. The molecule has 2 saturated heterocycles. The number of nitrogens with zero attached hydrogens (tertiary/aromatic N) is 2. The number of alkyl halides is 1. The Labute approximate surface area is 175 Å². The zero-order valence-electron chi connectivity index (χ0n) is 16.8. The molecule has 0 aromatic carbocycles. The molecular formula is C17H30FN5O4S2. The van der Waals surface area contributed by atoms with E-state index in [9.17, 15) is 17.6 Å². The number of fused-ring (bicyclic) bond motifs is 1. The molecule has 4 aliphatic rings. The Morgan fingerprint density at radius 3 is 2.66 bits per heavy atom. The van der Waals surface area contributed by atoms with Crippen LogP contribution in [0.5, 0.6) is 0 Å². The van der Waals surface area contributed by atoms with E-state index in [2.05, 4.69) is 15.6 Å². The van der Waals surface area contributed by atoms with Gasteiger partial charge in [0, 0.05) is 13.7 Å². The number of urea groups is 1. The van der Waals surface area contributed by atoms with Crippen LogP contribution in [0.2, 0.25) is 0 Å². The monoisotopic (exact) mass is 451 g/mol. The number of hydrogen-bond acceptors (Lipinski definition) is 7. The third kappa shape index (κ3) is 4.11. The minimum Gasteiger partial charge on any atom is -0.383 e. The van der Waals surface area contributed by atoms with Crippen LogP contribution in [0, 0.1) is 0 Å². The molecule has 0 aromatic rings. The number of carbonyl (C=O) groups is 1. The molecule has 3 N–H and O–H groups in total. The molecular weight excluding hydrogens is 421 g/mol. The van der Waals surface area contributed by atoms with Crippen LogP contribution in [0.1, 0.15) is 39.0 Å². The lowest BCUT2D eigenvalue weighted by atomic mass is 9.90. The lowest BCUT2D eigenvalue weighted by molar-refractivity contribution is 0.136. The number of thioether (sulfide) groups is 1. The standard InChI is InChI=1S/C17H30FN5O4S2/c1-11-19-20-15(28-11)23-14-9-12(29(25,26)21-17(10-18)5-6-17)3-4-13(14)22(16(23)24)7-8-27-2/h11-15,19-21H,3-10H2,1-2H3. The summed E-state index contributed by atoms with van der Waals surface area (Å²) in [6.45, 7) is 2.24. The van der Waals surface area contributed by atoms with E-state index >= 15 is 0 Å². The second-order valence-electron chi connectivity index (χ2n) is 8.43. The second-order valence-corrected chi connectivity index (χ2v) is 11.8. The zero-order chi connectivity index (χ0) is 20.8. The fourth-order valence-electron chi connectivity index (χ4n) is 4.58. The lowest BCUT2D eigenvalue weighted by Gasteiger charge is -2.37. The van der Waals surface area contributed by atoms with Crippen molar-refractivity contribution < 1.29 is 22.3 Å². The first-order valence-electron chi connectivity index (χ1n) is 10.1. The summed E-state index contributed by atoms with van der Waals surface area (Å²) in [4.78, 5) is 16.8.